The molecule has 1 aromatic heterocycles. The number of benzene rings is 1. The number of carbonyl (C=O) groups is 2. The van der Waals surface area contributed by atoms with E-state index in [4.69, 9.17) is 26.3 Å². The van der Waals surface area contributed by atoms with Gasteiger partial charge in [-0.25, -0.2) is 4.98 Å². The molecule has 1 aliphatic heterocycles. The minimum atomic E-state index is -0.104. The maximum atomic E-state index is 13.0. The summed E-state index contributed by atoms with van der Waals surface area (Å²) in [5, 5.41) is 3.24. The molecule has 3 rings (SSSR count). The van der Waals surface area contributed by atoms with Crippen molar-refractivity contribution in [3.8, 4) is 0 Å². The first-order valence-corrected chi connectivity index (χ1v) is 14.2. The van der Waals surface area contributed by atoms with Crippen LogP contribution in [0.3, 0.4) is 0 Å². The zero-order valence-corrected chi connectivity index (χ0v) is 24.8. The average molecular weight is 569 g/mol. The number of amides is 2. The minimum absolute atomic E-state index is 0.104. The third-order valence-electron chi connectivity index (χ3n) is 7.11. The Hall–Kier alpha value is -3.43. The number of nitrogens with zero attached hydrogens (tertiary/aromatic N) is 5. The summed E-state index contributed by atoms with van der Waals surface area (Å²) in [6.45, 7) is 13.5. The monoisotopic (exact) mass is 568 g/mol. The fourth-order valence-electron chi connectivity index (χ4n) is 5.05. The number of hydrogen-bond acceptors (Lipinski definition) is 6. The van der Waals surface area contributed by atoms with Crippen molar-refractivity contribution < 1.29 is 14.3 Å². The lowest BCUT2D eigenvalue weighted by Crippen LogP contribution is -2.45. The van der Waals surface area contributed by atoms with Gasteiger partial charge in [-0.2, -0.15) is 0 Å². The van der Waals surface area contributed by atoms with Gasteiger partial charge in [0.05, 0.1) is 29.5 Å². The molecule has 40 heavy (non-hydrogen) atoms. The van der Waals surface area contributed by atoms with Gasteiger partial charge < -0.3 is 19.9 Å². The van der Waals surface area contributed by atoms with Crippen LogP contribution in [0.4, 0.5) is 17.3 Å². The van der Waals surface area contributed by atoms with E-state index in [2.05, 4.69) is 35.5 Å². The number of aryl methyl sites for hydroxylation is 2. The first kappa shape index (κ1) is 31.1. The number of pyridine rings is 1. The molecule has 1 fully saturated rings. The van der Waals surface area contributed by atoms with Crippen LogP contribution in [-0.4, -0.2) is 81.0 Å². The maximum absolute atomic E-state index is 13.0. The van der Waals surface area contributed by atoms with E-state index < -0.39 is 0 Å². The standard InChI is InChI=1S/C30H41ClN6O3/c1-6-9-13-36(22(4)19-33-20-38)28(32-5)25-18-26(31)30(35-14-16-40-17-15-35)34-29(25)37(21-39)27-23(7-2)11-10-12-24(27)8-3/h6,10-12,18,20-22H,1,7-9,13-17,19H2,2-5H3,(H,33,38). The van der Waals surface area contributed by atoms with Gasteiger partial charge in [-0.15, -0.1) is 6.58 Å². The summed E-state index contributed by atoms with van der Waals surface area (Å²) in [7, 11) is 1.71. The quantitative estimate of drug-likeness (QED) is 0.157. The van der Waals surface area contributed by atoms with Crippen LogP contribution in [0.25, 0.3) is 0 Å². The van der Waals surface area contributed by atoms with E-state index in [1.807, 2.05) is 37.3 Å². The second-order valence-electron chi connectivity index (χ2n) is 9.56. The molecule has 1 atom stereocenters. The topological polar surface area (TPSA) is 90.4 Å². The fraction of sp³-hybridized carbons (Fsp3) is 0.467. The highest BCUT2D eigenvalue weighted by molar-refractivity contribution is 6.33. The molecule has 9 nitrogen and oxygen atoms in total. The number of hydrogen-bond donors (Lipinski definition) is 1. The second-order valence-corrected chi connectivity index (χ2v) is 9.97. The number of ether oxygens (including phenoxy) is 1. The Labute approximate surface area is 242 Å². The van der Waals surface area contributed by atoms with Crippen LogP contribution in [0.15, 0.2) is 41.9 Å². The van der Waals surface area contributed by atoms with Gasteiger partial charge >= 0.3 is 0 Å². The van der Waals surface area contributed by atoms with Crippen LogP contribution in [0, 0.1) is 0 Å². The molecule has 2 aromatic rings. The zero-order valence-electron chi connectivity index (χ0n) is 24.0. The maximum Gasteiger partial charge on any atom is 0.219 e. The molecule has 1 aromatic carbocycles. The van der Waals surface area contributed by atoms with E-state index in [1.165, 1.54) is 0 Å². The first-order chi connectivity index (χ1) is 19.4. The van der Waals surface area contributed by atoms with Gasteiger partial charge in [0.15, 0.2) is 5.82 Å². The smallest absolute Gasteiger partial charge is 0.219 e. The van der Waals surface area contributed by atoms with Gasteiger partial charge in [0.1, 0.15) is 11.7 Å². The molecular weight excluding hydrogens is 528 g/mol. The number of aliphatic imine (C=N–C) groups is 1. The highest BCUT2D eigenvalue weighted by Crippen LogP contribution is 2.37. The Morgan fingerprint density at radius 1 is 1.25 bits per heavy atom. The zero-order chi connectivity index (χ0) is 29.1. The van der Waals surface area contributed by atoms with Crippen molar-refractivity contribution in [2.75, 3.05) is 56.2 Å². The molecule has 0 aliphatic carbocycles. The number of anilines is 3. The first-order valence-electron chi connectivity index (χ1n) is 13.9. The highest BCUT2D eigenvalue weighted by atomic mass is 35.5. The SMILES string of the molecule is C=CCCN(C(=NC)c1cc(Cl)c(N2CCOCC2)nc1N(C=O)c1c(CC)cccc1CC)C(C)CNC=O. The normalized spacial score (nSPS) is 14.4. The van der Waals surface area contributed by atoms with Crippen LogP contribution in [0.2, 0.25) is 5.02 Å². The summed E-state index contributed by atoms with van der Waals surface area (Å²) < 4.78 is 5.55. The summed E-state index contributed by atoms with van der Waals surface area (Å²) in [5.41, 5.74) is 3.55. The summed E-state index contributed by atoms with van der Waals surface area (Å²) in [4.78, 5) is 39.7. The van der Waals surface area contributed by atoms with Crippen molar-refractivity contribution in [2.24, 2.45) is 4.99 Å². The van der Waals surface area contributed by atoms with Gasteiger partial charge in [0, 0.05) is 39.3 Å². The van der Waals surface area contributed by atoms with E-state index in [0.717, 1.165) is 36.1 Å². The number of aromatic nitrogens is 1. The third-order valence-corrected chi connectivity index (χ3v) is 7.39. The van der Waals surface area contributed by atoms with Crippen LogP contribution in [0.1, 0.15) is 43.9 Å². The Bertz CT molecular complexity index is 1180. The van der Waals surface area contributed by atoms with E-state index >= 15 is 0 Å². The van der Waals surface area contributed by atoms with E-state index in [0.29, 0.717) is 80.3 Å². The molecule has 2 amide bonds. The number of amidine groups is 1. The Kier molecular flexibility index (Phi) is 12.0. The van der Waals surface area contributed by atoms with Crippen molar-refractivity contribution in [2.45, 2.75) is 46.1 Å². The van der Waals surface area contributed by atoms with Crippen molar-refractivity contribution in [3.05, 3.63) is 58.6 Å². The number of para-hydroxylation sites is 1. The van der Waals surface area contributed by atoms with Crippen molar-refractivity contribution in [1.29, 1.82) is 0 Å². The van der Waals surface area contributed by atoms with Gasteiger partial charge in [0.2, 0.25) is 12.8 Å². The van der Waals surface area contributed by atoms with Crippen LogP contribution < -0.4 is 15.1 Å². The van der Waals surface area contributed by atoms with Crippen molar-refractivity contribution in [1.82, 2.24) is 15.2 Å². The predicted octanol–water partition coefficient (Wildman–Crippen LogP) is 4.38. The fourth-order valence-corrected chi connectivity index (χ4v) is 5.32. The van der Waals surface area contributed by atoms with E-state index in [1.54, 1.807) is 11.9 Å². The van der Waals surface area contributed by atoms with Crippen LogP contribution >= 0.6 is 11.6 Å². The summed E-state index contributed by atoms with van der Waals surface area (Å²) in [6.07, 6.45) is 5.56. The van der Waals surface area contributed by atoms with Gasteiger partial charge in [-0.1, -0.05) is 49.7 Å². The van der Waals surface area contributed by atoms with Crippen molar-refractivity contribution >= 4 is 47.6 Å². The highest BCUT2D eigenvalue weighted by Gasteiger charge is 2.29. The average Bonchev–Trinajstić information content (AvgIpc) is 2.99. The molecule has 1 N–H and O–H groups in total. The molecule has 0 spiro atoms. The predicted molar refractivity (Wildman–Crippen MR) is 163 cm³/mol. The Morgan fingerprint density at radius 2 is 1.93 bits per heavy atom. The summed E-state index contributed by atoms with van der Waals surface area (Å²) in [5.74, 6) is 1.68. The van der Waals surface area contributed by atoms with E-state index in [9.17, 15) is 9.59 Å². The molecule has 10 heteroatoms. The molecule has 1 unspecified atom stereocenters. The van der Waals surface area contributed by atoms with Crippen molar-refractivity contribution in [3.63, 3.8) is 0 Å². The molecule has 1 saturated heterocycles. The molecular formula is C30H41ClN6O3. The number of halogens is 1. The van der Waals surface area contributed by atoms with E-state index in [-0.39, 0.29) is 6.04 Å². The minimum Gasteiger partial charge on any atom is -0.378 e. The molecule has 1 aliphatic rings. The molecule has 0 bridgehead atoms. The Balaban J connectivity index is 2.30. The lowest BCUT2D eigenvalue weighted by molar-refractivity contribution is -0.109. The van der Waals surface area contributed by atoms with Crippen LogP contribution in [0.5, 0.6) is 0 Å². The molecule has 0 radical (unpaired) electrons. The van der Waals surface area contributed by atoms with Gasteiger partial charge in [-0.3, -0.25) is 19.5 Å². The Morgan fingerprint density at radius 3 is 2.48 bits per heavy atom. The molecule has 0 saturated carbocycles. The molecule has 216 valence electrons. The summed E-state index contributed by atoms with van der Waals surface area (Å²) in [6, 6.07) is 7.86. The largest absolute Gasteiger partial charge is 0.378 e. The van der Waals surface area contributed by atoms with Gasteiger partial charge in [0.25, 0.3) is 0 Å². The lowest BCUT2D eigenvalue weighted by Gasteiger charge is -2.35. The lowest BCUT2D eigenvalue weighted by atomic mass is 10.0. The number of carbonyl (C=O) groups excluding carboxylic acids is 2. The second kappa shape index (κ2) is 15.4. The van der Waals surface area contributed by atoms with Gasteiger partial charge in [-0.05, 0) is 43.4 Å². The number of nitrogens with one attached hydrogen (secondary N) is 1. The third kappa shape index (κ3) is 7.01. The number of morpholine rings is 1. The number of rotatable bonds is 14. The molecule has 2 heterocycles. The summed E-state index contributed by atoms with van der Waals surface area (Å²) >= 11 is 6.92. The van der Waals surface area contributed by atoms with Crippen LogP contribution in [-0.2, 0) is 27.2 Å².